The van der Waals surface area contributed by atoms with Gasteiger partial charge in [0.25, 0.3) is 5.91 Å². The van der Waals surface area contributed by atoms with Crippen molar-refractivity contribution in [2.75, 3.05) is 27.3 Å². The van der Waals surface area contributed by atoms with Crippen molar-refractivity contribution in [3.05, 3.63) is 60.3 Å². The van der Waals surface area contributed by atoms with Crippen molar-refractivity contribution in [3.8, 4) is 22.6 Å². The van der Waals surface area contributed by atoms with Crippen molar-refractivity contribution in [3.63, 3.8) is 0 Å². The molecule has 0 aliphatic carbocycles. The lowest BCUT2D eigenvalue weighted by molar-refractivity contribution is 0.0698. The maximum absolute atomic E-state index is 12.9. The monoisotopic (exact) mass is 446 g/mol. The number of amides is 1. The number of carbonyl (C=O) groups is 1. The summed E-state index contributed by atoms with van der Waals surface area (Å²) in [4.78, 5) is 19.5. The molecule has 1 atom stereocenters. The van der Waals surface area contributed by atoms with Crippen LogP contribution in [0.1, 0.15) is 35.1 Å². The molecule has 0 bridgehead atoms. The molecule has 1 aliphatic rings. The van der Waals surface area contributed by atoms with Gasteiger partial charge in [-0.15, -0.1) is 0 Å². The molecule has 1 amide bonds. The van der Waals surface area contributed by atoms with Crippen LogP contribution in [0, 0.1) is 0 Å². The highest BCUT2D eigenvalue weighted by atomic mass is 16.5. The number of para-hydroxylation sites is 1. The predicted octanol–water partition coefficient (Wildman–Crippen LogP) is 3.17. The number of hydrogen-bond acceptors (Lipinski definition) is 6. The van der Waals surface area contributed by atoms with Gasteiger partial charge < -0.3 is 14.4 Å². The summed E-state index contributed by atoms with van der Waals surface area (Å²) in [6, 6.07) is 11.5. The Morgan fingerprint density at radius 2 is 1.97 bits per heavy atom. The van der Waals surface area contributed by atoms with Crippen molar-refractivity contribution in [2.45, 2.75) is 18.8 Å². The Labute approximate surface area is 191 Å². The number of pyridine rings is 1. The van der Waals surface area contributed by atoms with Crippen LogP contribution in [0.3, 0.4) is 0 Å². The molecule has 170 valence electrons. The van der Waals surface area contributed by atoms with E-state index in [0.717, 1.165) is 42.0 Å². The normalized spacial score (nSPS) is 16.2. The molecule has 9 nitrogen and oxygen atoms in total. The Bertz CT molecular complexity index is 1310. The number of fused-ring (bicyclic) bond motifs is 1. The molecule has 0 radical (unpaired) electrons. The Morgan fingerprint density at radius 3 is 2.73 bits per heavy atom. The van der Waals surface area contributed by atoms with Crippen LogP contribution in [0.2, 0.25) is 0 Å². The Morgan fingerprint density at radius 1 is 1.09 bits per heavy atom. The number of methoxy groups -OCH3 is 2. The highest BCUT2D eigenvalue weighted by Gasteiger charge is 2.29. The fourth-order valence-electron chi connectivity index (χ4n) is 4.41. The van der Waals surface area contributed by atoms with Crippen LogP contribution in [0.4, 0.5) is 0 Å². The Hall–Kier alpha value is -3.88. The molecule has 4 aromatic rings. The van der Waals surface area contributed by atoms with E-state index in [1.807, 2.05) is 48.5 Å². The van der Waals surface area contributed by atoms with Crippen molar-refractivity contribution >= 4 is 11.6 Å². The van der Waals surface area contributed by atoms with E-state index >= 15 is 0 Å². The molecule has 0 saturated carbocycles. The minimum atomic E-state index is -0.0449. The van der Waals surface area contributed by atoms with Gasteiger partial charge >= 0.3 is 0 Å². The van der Waals surface area contributed by atoms with Crippen LogP contribution in [0.25, 0.3) is 16.8 Å². The molecule has 0 spiro atoms. The van der Waals surface area contributed by atoms with Crippen molar-refractivity contribution < 1.29 is 14.3 Å². The molecule has 1 aromatic carbocycles. The summed E-state index contributed by atoms with van der Waals surface area (Å²) < 4.78 is 14.5. The lowest BCUT2D eigenvalue weighted by Gasteiger charge is -2.30. The van der Waals surface area contributed by atoms with E-state index in [-0.39, 0.29) is 11.8 Å². The lowest BCUT2D eigenvalue weighted by atomic mass is 9.97. The number of nitrogens with zero attached hydrogens (tertiary/aromatic N) is 6. The summed E-state index contributed by atoms with van der Waals surface area (Å²) in [6.07, 6.45) is 5.58. The van der Waals surface area contributed by atoms with Crippen LogP contribution in [-0.2, 0) is 7.05 Å². The summed E-state index contributed by atoms with van der Waals surface area (Å²) in [7, 11) is 5.07. The summed E-state index contributed by atoms with van der Waals surface area (Å²) >= 11 is 0. The zero-order valence-corrected chi connectivity index (χ0v) is 18.9. The molecule has 1 aliphatic heterocycles. The van der Waals surface area contributed by atoms with E-state index in [9.17, 15) is 4.79 Å². The van der Waals surface area contributed by atoms with Gasteiger partial charge in [-0.05, 0) is 37.1 Å². The van der Waals surface area contributed by atoms with Gasteiger partial charge in [-0.1, -0.05) is 12.1 Å². The molecule has 0 unspecified atom stereocenters. The number of aromatic nitrogens is 5. The van der Waals surface area contributed by atoms with Crippen molar-refractivity contribution in [1.29, 1.82) is 0 Å². The number of carbonyl (C=O) groups excluding carboxylic acids is 1. The van der Waals surface area contributed by atoms with E-state index in [0.29, 0.717) is 23.7 Å². The summed E-state index contributed by atoms with van der Waals surface area (Å²) in [6.45, 7) is 1.31. The predicted molar refractivity (Wildman–Crippen MR) is 123 cm³/mol. The Balaban J connectivity index is 1.42. The fraction of sp³-hybridized carbons (Fsp3) is 0.333. The lowest BCUT2D eigenvalue weighted by Crippen LogP contribution is -2.39. The third kappa shape index (κ3) is 3.90. The SMILES string of the molecule is COc1cccc(-c2ccc3nc([C@@H]4CCCN(C(=O)c5ccn(C)n5)C4)nn3c2)c1OC. The Kier molecular flexibility index (Phi) is 5.45. The van der Waals surface area contributed by atoms with Crippen molar-refractivity contribution in [1.82, 2.24) is 29.3 Å². The third-order valence-corrected chi connectivity index (χ3v) is 6.07. The van der Waals surface area contributed by atoms with Gasteiger partial charge in [-0.25, -0.2) is 9.50 Å². The van der Waals surface area contributed by atoms with Gasteiger partial charge in [0.15, 0.2) is 23.0 Å². The third-order valence-electron chi connectivity index (χ3n) is 6.07. The van der Waals surface area contributed by atoms with Gasteiger partial charge in [0, 0.05) is 49.6 Å². The largest absolute Gasteiger partial charge is 0.493 e. The first-order valence-corrected chi connectivity index (χ1v) is 10.9. The summed E-state index contributed by atoms with van der Waals surface area (Å²) in [5.41, 5.74) is 3.10. The number of rotatable bonds is 5. The van der Waals surface area contributed by atoms with Crippen LogP contribution < -0.4 is 9.47 Å². The minimum Gasteiger partial charge on any atom is -0.493 e. The number of aryl methyl sites for hydroxylation is 1. The highest BCUT2D eigenvalue weighted by Crippen LogP contribution is 2.37. The molecular formula is C24H26N6O3. The maximum Gasteiger partial charge on any atom is 0.274 e. The molecular weight excluding hydrogens is 420 g/mol. The highest BCUT2D eigenvalue weighted by molar-refractivity contribution is 5.92. The summed E-state index contributed by atoms with van der Waals surface area (Å²) in [5, 5.41) is 9.02. The van der Waals surface area contributed by atoms with Gasteiger partial charge in [0.2, 0.25) is 0 Å². The van der Waals surface area contributed by atoms with Gasteiger partial charge in [-0.3, -0.25) is 9.48 Å². The second kappa shape index (κ2) is 8.57. The quantitative estimate of drug-likeness (QED) is 0.468. The molecule has 4 heterocycles. The van der Waals surface area contributed by atoms with Gasteiger partial charge in [0.05, 0.1) is 14.2 Å². The van der Waals surface area contributed by atoms with Crippen LogP contribution >= 0.6 is 0 Å². The first-order valence-electron chi connectivity index (χ1n) is 10.9. The van der Waals surface area contributed by atoms with Crippen LogP contribution in [0.15, 0.2) is 48.8 Å². The topological polar surface area (TPSA) is 86.8 Å². The average Bonchev–Trinajstić information content (AvgIpc) is 3.48. The maximum atomic E-state index is 12.9. The number of ether oxygens (including phenoxy) is 2. The fourth-order valence-corrected chi connectivity index (χ4v) is 4.41. The molecule has 1 saturated heterocycles. The average molecular weight is 447 g/mol. The van der Waals surface area contributed by atoms with E-state index in [2.05, 4.69) is 5.10 Å². The molecule has 5 rings (SSSR count). The standard InChI is InChI=1S/C24H26N6O3/c1-28-13-11-19(26-28)24(31)29-12-5-6-17(14-29)23-25-21-10-9-16(15-30(21)27-23)18-7-4-8-20(32-2)22(18)33-3/h4,7-11,13,15,17H,5-6,12,14H2,1-3H3/t17-/m1/s1. The van der Waals surface area contributed by atoms with E-state index in [1.54, 1.807) is 35.7 Å². The number of piperidine rings is 1. The van der Waals surface area contributed by atoms with Crippen molar-refractivity contribution in [2.24, 2.45) is 7.05 Å². The molecule has 3 aromatic heterocycles. The zero-order chi connectivity index (χ0) is 22.9. The molecule has 33 heavy (non-hydrogen) atoms. The first kappa shape index (κ1) is 21.0. The van der Waals surface area contributed by atoms with Gasteiger partial charge in [-0.2, -0.15) is 10.2 Å². The summed E-state index contributed by atoms with van der Waals surface area (Å²) in [5.74, 6) is 2.14. The van der Waals surface area contributed by atoms with E-state index in [4.69, 9.17) is 19.6 Å². The van der Waals surface area contributed by atoms with Crippen LogP contribution in [0.5, 0.6) is 11.5 Å². The zero-order valence-electron chi connectivity index (χ0n) is 18.9. The molecule has 9 heteroatoms. The second-order valence-corrected chi connectivity index (χ2v) is 8.20. The smallest absolute Gasteiger partial charge is 0.274 e. The number of benzene rings is 1. The minimum absolute atomic E-state index is 0.0449. The molecule has 0 N–H and O–H groups in total. The van der Waals surface area contributed by atoms with Gasteiger partial charge in [0.1, 0.15) is 5.69 Å². The first-order chi connectivity index (χ1) is 16.1. The second-order valence-electron chi connectivity index (χ2n) is 8.20. The van der Waals surface area contributed by atoms with E-state index in [1.165, 1.54) is 0 Å². The number of hydrogen-bond donors (Lipinski definition) is 0. The number of likely N-dealkylation sites (tertiary alicyclic amines) is 1. The van der Waals surface area contributed by atoms with E-state index < -0.39 is 0 Å². The molecule has 1 fully saturated rings. The van der Waals surface area contributed by atoms with Crippen LogP contribution in [-0.4, -0.2) is 62.5 Å².